The first-order valence-corrected chi connectivity index (χ1v) is 20.1. The molecular formula is C43H53ClN6O6. The quantitative estimate of drug-likeness (QED) is 0.0596. The average Bonchev–Trinajstić information content (AvgIpc) is 3.46. The lowest BCUT2D eigenvalue weighted by Crippen LogP contribution is -2.40. The highest BCUT2D eigenvalue weighted by atomic mass is 35.5. The maximum absolute atomic E-state index is 14.3. The smallest absolute Gasteiger partial charge is 0.332 e. The Labute approximate surface area is 332 Å². The molecule has 3 N–H and O–H groups in total. The van der Waals surface area contributed by atoms with Crippen LogP contribution >= 0.6 is 11.6 Å². The minimum Gasteiger partial charge on any atom is -0.493 e. The highest BCUT2D eigenvalue weighted by molar-refractivity contribution is 6.33. The molecule has 2 aromatic heterocycles. The Kier molecular flexibility index (Phi) is 15.7. The molecule has 0 aliphatic heterocycles. The van der Waals surface area contributed by atoms with Crippen LogP contribution in [0, 0.1) is 0 Å². The number of rotatable bonds is 22. The molecule has 0 fully saturated rings. The summed E-state index contributed by atoms with van der Waals surface area (Å²) in [6.07, 6.45) is 17.1. The lowest BCUT2D eigenvalue weighted by atomic mass is 10.0. The van der Waals surface area contributed by atoms with Gasteiger partial charge in [0, 0.05) is 6.42 Å². The summed E-state index contributed by atoms with van der Waals surface area (Å²) in [5.41, 5.74) is -0.0817. The second-order valence-corrected chi connectivity index (χ2v) is 14.5. The van der Waals surface area contributed by atoms with Gasteiger partial charge in [0.25, 0.3) is 11.5 Å². The lowest BCUT2D eigenvalue weighted by molar-refractivity contribution is -0.119. The number of hydrogen-bond acceptors (Lipinski definition) is 7. The molecule has 0 saturated carbocycles. The van der Waals surface area contributed by atoms with E-state index in [9.17, 15) is 24.3 Å². The van der Waals surface area contributed by atoms with Gasteiger partial charge in [0.05, 0.1) is 34.5 Å². The summed E-state index contributed by atoms with van der Waals surface area (Å²) >= 11 is 6.38. The summed E-state index contributed by atoms with van der Waals surface area (Å²) in [5, 5.41) is 17.2. The van der Waals surface area contributed by atoms with Gasteiger partial charge in [-0.2, -0.15) is 0 Å². The summed E-state index contributed by atoms with van der Waals surface area (Å²) in [6.45, 7) is 2.33. The van der Waals surface area contributed by atoms with E-state index in [4.69, 9.17) is 21.4 Å². The summed E-state index contributed by atoms with van der Waals surface area (Å²) in [6, 6.07) is 18.7. The van der Waals surface area contributed by atoms with Crippen molar-refractivity contribution in [2.45, 2.75) is 109 Å². The molecule has 0 saturated heterocycles. The molecule has 0 spiro atoms. The largest absolute Gasteiger partial charge is 0.493 e. The van der Waals surface area contributed by atoms with Gasteiger partial charge in [0.15, 0.2) is 11.9 Å². The summed E-state index contributed by atoms with van der Waals surface area (Å²) in [5.74, 6) is -1.95. The van der Waals surface area contributed by atoms with Crippen LogP contribution in [-0.4, -0.2) is 42.9 Å². The van der Waals surface area contributed by atoms with E-state index < -0.39 is 29.1 Å². The third-order valence-corrected chi connectivity index (χ3v) is 10.2. The van der Waals surface area contributed by atoms with Gasteiger partial charge in [-0.05, 0) is 36.2 Å². The summed E-state index contributed by atoms with van der Waals surface area (Å²) in [4.78, 5) is 65.7. The molecule has 5 rings (SSSR count). The number of aromatic hydroxyl groups is 1. The Bertz CT molecular complexity index is 2180. The van der Waals surface area contributed by atoms with Gasteiger partial charge in [0.1, 0.15) is 12.6 Å². The number of amides is 2. The normalized spacial score (nSPS) is 11.8. The predicted octanol–water partition coefficient (Wildman–Crippen LogP) is 8.47. The number of halogens is 1. The van der Waals surface area contributed by atoms with E-state index in [1.54, 1.807) is 36.4 Å². The van der Waals surface area contributed by atoms with Crippen molar-refractivity contribution in [1.82, 2.24) is 18.8 Å². The van der Waals surface area contributed by atoms with Crippen LogP contribution in [0.5, 0.6) is 5.88 Å². The van der Waals surface area contributed by atoms with Crippen LogP contribution in [-0.2, 0) is 16.1 Å². The molecule has 13 heteroatoms. The molecule has 5 aromatic rings. The van der Waals surface area contributed by atoms with Crippen molar-refractivity contribution in [3.05, 3.63) is 116 Å². The van der Waals surface area contributed by atoms with Gasteiger partial charge in [-0.15, -0.1) is 4.73 Å². The van der Waals surface area contributed by atoms with Gasteiger partial charge >= 0.3 is 5.69 Å². The van der Waals surface area contributed by atoms with E-state index in [1.165, 1.54) is 81.7 Å². The monoisotopic (exact) mass is 784 g/mol. The van der Waals surface area contributed by atoms with Gasteiger partial charge < -0.3 is 20.6 Å². The Morgan fingerprint density at radius 1 is 0.786 bits per heavy atom. The number of aromatic nitrogens is 4. The fourth-order valence-corrected chi connectivity index (χ4v) is 7.10. The zero-order valence-corrected chi connectivity index (χ0v) is 33.1. The SMILES string of the molecule is CCCCCCCCCCCCCCCC(=O)Nc1cccc2c(=O)n(OC)c(C(C(=O)Nc3ccccc3Cl)n3c(O)cn(Cc4ccccc4)c3=O)nc12. The number of unbranched alkanes of at least 4 members (excludes halogenated alkanes) is 12. The number of carbonyl (C=O) groups excluding carboxylic acids is 2. The molecular weight excluding hydrogens is 732 g/mol. The first-order valence-electron chi connectivity index (χ1n) is 19.7. The molecule has 2 heterocycles. The molecule has 0 bridgehead atoms. The minimum atomic E-state index is -1.73. The zero-order valence-electron chi connectivity index (χ0n) is 32.3. The summed E-state index contributed by atoms with van der Waals surface area (Å²) in [7, 11) is 1.23. The van der Waals surface area contributed by atoms with Crippen LogP contribution in [0.3, 0.4) is 0 Å². The van der Waals surface area contributed by atoms with E-state index in [-0.39, 0.29) is 52.0 Å². The number of benzene rings is 3. The second kappa shape index (κ2) is 21.1. The number of para-hydroxylation sites is 2. The Balaban J connectivity index is 1.37. The van der Waals surface area contributed by atoms with Gasteiger partial charge in [-0.1, -0.05) is 144 Å². The van der Waals surface area contributed by atoms with Crippen molar-refractivity contribution in [3.63, 3.8) is 0 Å². The lowest BCUT2D eigenvalue weighted by Gasteiger charge is -2.22. The standard InChI is InChI=1S/C43H53ClN6O6/c1-3-4-5-6-7-8-9-10-11-12-13-14-18-28-36(51)45-35-27-21-24-32-38(35)47-40(50(56-2)42(32)54)39(41(53)46-34-26-20-19-25-33(34)44)49-37(52)30-48(43(49)55)29-31-22-16-15-17-23-31/h15-17,19-27,30,39,52H,3-14,18,28-29H2,1-2H3,(H,45,51)(H,46,53). The molecule has 3 aromatic carbocycles. The molecule has 56 heavy (non-hydrogen) atoms. The molecule has 2 amide bonds. The molecule has 12 nitrogen and oxygen atoms in total. The predicted molar refractivity (Wildman–Crippen MR) is 222 cm³/mol. The number of fused-ring (bicyclic) bond motifs is 1. The molecule has 298 valence electrons. The molecule has 1 unspecified atom stereocenters. The minimum absolute atomic E-state index is 0.0892. The van der Waals surface area contributed by atoms with Crippen LogP contribution in [0.15, 0.2) is 88.6 Å². The fraction of sp³-hybridized carbons (Fsp3) is 0.419. The van der Waals surface area contributed by atoms with Crippen molar-refractivity contribution >= 4 is 45.7 Å². The molecule has 0 radical (unpaired) electrons. The van der Waals surface area contributed by atoms with Crippen molar-refractivity contribution in [2.24, 2.45) is 0 Å². The van der Waals surface area contributed by atoms with Crippen LogP contribution in [0.25, 0.3) is 10.9 Å². The van der Waals surface area contributed by atoms with E-state index in [1.807, 2.05) is 30.3 Å². The molecule has 0 aliphatic carbocycles. The van der Waals surface area contributed by atoms with E-state index >= 15 is 0 Å². The third kappa shape index (κ3) is 10.9. The van der Waals surface area contributed by atoms with Crippen molar-refractivity contribution < 1.29 is 19.5 Å². The number of nitrogens with zero attached hydrogens (tertiary/aromatic N) is 4. The first kappa shape index (κ1) is 41.8. The van der Waals surface area contributed by atoms with E-state index in [0.717, 1.165) is 40.5 Å². The Morgan fingerprint density at radius 3 is 2.04 bits per heavy atom. The fourth-order valence-electron chi connectivity index (χ4n) is 6.92. The van der Waals surface area contributed by atoms with Crippen molar-refractivity contribution in [3.8, 4) is 5.88 Å². The van der Waals surface area contributed by atoms with E-state index in [0.29, 0.717) is 0 Å². The zero-order chi connectivity index (χ0) is 39.9. The second-order valence-electron chi connectivity index (χ2n) is 14.1. The topological polar surface area (TPSA) is 149 Å². The van der Waals surface area contributed by atoms with Crippen LogP contribution in [0.4, 0.5) is 11.4 Å². The maximum atomic E-state index is 14.3. The third-order valence-electron chi connectivity index (χ3n) is 9.90. The highest BCUT2D eigenvalue weighted by Crippen LogP contribution is 2.28. The van der Waals surface area contributed by atoms with Crippen LogP contribution in [0.1, 0.15) is 114 Å². The number of anilines is 2. The van der Waals surface area contributed by atoms with Crippen molar-refractivity contribution in [2.75, 3.05) is 17.7 Å². The van der Waals surface area contributed by atoms with Gasteiger partial charge in [-0.3, -0.25) is 19.0 Å². The maximum Gasteiger partial charge on any atom is 0.332 e. The van der Waals surface area contributed by atoms with Gasteiger partial charge in [-0.25, -0.2) is 14.3 Å². The highest BCUT2D eigenvalue weighted by Gasteiger charge is 2.34. The van der Waals surface area contributed by atoms with Crippen LogP contribution < -0.4 is 26.7 Å². The van der Waals surface area contributed by atoms with Crippen molar-refractivity contribution in [1.29, 1.82) is 0 Å². The average molecular weight is 785 g/mol. The number of imidazole rings is 1. The Hall–Kier alpha value is -5.36. The number of hydrogen-bond donors (Lipinski definition) is 3. The van der Waals surface area contributed by atoms with Crippen LogP contribution in [0.2, 0.25) is 5.02 Å². The Morgan fingerprint density at radius 2 is 1.39 bits per heavy atom. The van der Waals surface area contributed by atoms with Gasteiger partial charge in [0.2, 0.25) is 11.8 Å². The molecule has 0 aliphatic rings. The van der Waals surface area contributed by atoms with E-state index in [2.05, 4.69) is 17.6 Å². The molecule has 1 atom stereocenters. The first-order chi connectivity index (χ1) is 27.2. The summed E-state index contributed by atoms with van der Waals surface area (Å²) < 4.78 is 2.89. The number of nitrogens with one attached hydrogen (secondary N) is 2. The number of carbonyl (C=O) groups is 2.